The molecule has 0 radical (unpaired) electrons. The molecule has 11 heteroatoms. The summed E-state index contributed by atoms with van der Waals surface area (Å²) >= 11 is 5.70. The minimum absolute atomic E-state index is 0.0294. The lowest BCUT2D eigenvalue weighted by molar-refractivity contribution is -0.139. The lowest BCUT2D eigenvalue weighted by atomic mass is 10.1. The lowest BCUT2D eigenvalue weighted by Gasteiger charge is -2.44. The molecule has 190 valence electrons. The van der Waals surface area contributed by atoms with Gasteiger partial charge in [0.1, 0.15) is 17.1 Å². The largest absolute Gasteiger partial charge is 0.483 e. The van der Waals surface area contributed by atoms with Gasteiger partial charge in [0.15, 0.2) is 6.61 Å². The van der Waals surface area contributed by atoms with Crippen LogP contribution in [0.1, 0.15) is 35.3 Å². The second-order valence-electron chi connectivity index (χ2n) is 8.41. The van der Waals surface area contributed by atoms with Crippen LogP contribution in [0.2, 0.25) is 5.02 Å². The molecule has 2 unspecified atom stereocenters. The molecule has 1 heterocycles. The van der Waals surface area contributed by atoms with Crippen LogP contribution in [-0.4, -0.2) is 60.6 Å². The smallest absolute Gasteiger partial charge is 0.417 e. The molecular formula is C24H25ClF4N2O4. The normalized spacial score (nSPS) is 18.9. The van der Waals surface area contributed by atoms with Crippen molar-refractivity contribution in [3.05, 3.63) is 63.9 Å². The van der Waals surface area contributed by atoms with Gasteiger partial charge in [-0.05, 0) is 43.7 Å². The standard InChI is InChI=1S/C24H25ClF4N2O4/c1-14-11-31(15(2)10-30(14)12-16-4-6-17(26)7-5-16)22(32)13-35-21-9-19(24(27,28)29)20(25)8-18(21)23(33)34-3/h4-9,14-15H,10-13H2,1-3H3. The first-order valence-corrected chi connectivity index (χ1v) is 11.2. The Labute approximate surface area is 205 Å². The van der Waals surface area contributed by atoms with Crippen LogP contribution in [0.5, 0.6) is 5.75 Å². The summed E-state index contributed by atoms with van der Waals surface area (Å²) in [6.07, 6.45) is -4.78. The van der Waals surface area contributed by atoms with E-state index in [4.69, 9.17) is 16.3 Å². The number of halogens is 5. The van der Waals surface area contributed by atoms with E-state index in [-0.39, 0.29) is 23.5 Å². The molecule has 1 amide bonds. The lowest BCUT2D eigenvalue weighted by Crippen LogP contribution is -2.58. The molecule has 0 spiro atoms. The Bertz CT molecular complexity index is 1080. The van der Waals surface area contributed by atoms with Gasteiger partial charge in [0.2, 0.25) is 0 Å². The number of methoxy groups -OCH3 is 1. The van der Waals surface area contributed by atoms with Crippen LogP contribution in [0.15, 0.2) is 36.4 Å². The molecular weight excluding hydrogens is 492 g/mol. The number of esters is 1. The van der Waals surface area contributed by atoms with Crippen molar-refractivity contribution < 1.29 is 36.6 Å². The van der Waals surface area contributed by atoms with Gasteiger partial charge >= 0.3 is 12.1 Å². The van der Waals surface area contributed by atoms with Gasteiger partial charge in [0.05, 0.1) is 17.7 Å². The van der Waals surface area contributed by atoms with E-state index in [1.807, 2.05) is 13.8 Å². The van der Waals surface area contributed by atoms with Gasteiger partial charge < -0.3 is 14.4 Å². The molecule has 0 N–H and O–H groups in total. The second kappa shape index (κ2) is 10.8. The Morgan fingerprint density at radius 1 is 1.09 bits per heavy atom. The number of rotatable bonds is 6. The molecule has 0 aromatic heterocycles. The molecule has 0 saturated carbocycles. The zero-order valence-corrected chi connectivity index (χ0v) is 20.1. The highest BCUT2D eigenvalue weighted by molar-refractivity contribution is 6.32. The predicted octanol–water partition coefficient (Wildman–Crippen LogP) is 4.78. The van der Waals surface area contributed by atoms with Crippen LogP contribution in [0.4, 0.5) is 17.6 Å². The number of nitrogens with zero attached hydrogens (tertiary/aromatic N) is 2. The zero-order chi connectivity index (χ0) is 25.9. The van der Waals surface area contributed by atoms with Crippen molar-refractivity contribution in [2.24, 2.45) is 0 Å². The maximum absolute atomic E-state index is 13.3. The fourth-order valence-corrected chi connectivity index (χ4v) is 4.24. The van der Waals surface area contributed by atoms with Gasteiger partial charge in [-0.1, -0.05) is 23.7 Å². The maximum Gasteiger partial charge on any atom is 0.417 e. The quantitative estimate of drug-likeness (QED) is 0.408. The SMILES string of the molecule is COC(=O)c1cc(Cl)c(C(F)(F)F)cc1OCC(=O)N1CC(C)N(Cc2ccc(F)cc2)CC1C. The summed E-state index contributed by atoms with van der Waals surface area (Å²) in [5.74, 6) is -2.15. The van der Waals surface area contributed by atoms with Crippen molar-refractivity contribution in [1.29, 1.82) is 0 Å². The third-order valence-corrected chi connectivity index (χ3v) is 6.18. The average molecular weight is 517 g/mol. The Hall–Kier alpha value is -2.85. The number of carbonyl (C=O) groups excluding carboxylic acids is 2. The van der Waals surface area contributed by atoms with Gasteiger partial charge in [0, 0.05) is 31.7 Å². The summed E-state index contributed by atoms with van der Waals surface area (Å²) in [4.78, 5) is 28.7. The maximum atomic E-state index is 13.3. The molecule has 0 bridgehead atoms. The number of piperazine rings is 1. The molecule has 3 rings (SSSR count). The summed E-state index contributed by atoms with van der Waals surface area (Å²) < 4.78 is 63.0. The number of ether oxygens (including phenoxy) is 2. The Kier molecular flexibility index (Phi) is 8.27. The molecule has 6 nitrogen and oxygen atoms in total. The van der Waals surface area contributed by atoms with E-state index >= 15 is 0 Å². The average Bonchev–Trinajstić information content (AvgIpc) is 2.80. The summed E-state index contributed by atoms with van der Waals surface area (Å²) in [6, 6.07) is 7.37. The number of hydrogen-bond acceptors (Lipinski definition) is 5. The number of amides is 1. The van der Waals surface area contributed by atoms with Gasteiger partial charge in [-0.2, -0.15) is 13.2 Å². The number of carbonyl (C=O) groups is 2. The van der Waals surface area contributed by atoms with E-state index in [0.29, 0.717) is 25.7 Å². The summed E-state index contributed by atoms with van der Waals surface area (Å²) in [5, 5.41) is -0.684. The van der Waals surface area contributed by atoms with Crippen molar-refractivity contribution in [2.45, 2.75) is 38.7 Å². The van der Waals surface area contributed by atoms with Crippen LogP contribution in [0.3, 0.4) is 0 Å². The van der Waals surface area contributed by atoms with Gasteiger partial charge in [0.25, 0.3) is 5.91 Å². The second-order valence-corrected chi connectivity index (χ2v) is 8.81. The number of alkyl halides is 3. The highest BCUT2D eigenvalue weighted by Gasteiger charge is 2.36. The molecule has 2 atom stereocenters. The van der Waals surface area contributed by atoms with E-state index < -0.39 is 41.0 Å². The van der Waals surface area contributed by atoms with Crippen molar-refractivity contribution in [1.82, 2.24) is 9.80 Å². The fraction of sp³-hybridized carbons (Fsp3) is 0.417. The van der Waals surface area contributed by atoms with Gasteiger partial charge in [-0.15, -0.1) is 0 Å². The Morgan fingerprint density at radius 2 is 1.74 bits per heavy atom. The zero-order valence-electron chi connectivity index (χ0n) is 19.4. The third kappa shape index (κ3) is 6.43. The number of hydrogen-bond donors (Lipinski definition) is 0. The predicted molar refractivity (Wildman–Crippen MR) is 121 cm³/mol. The molecule has 2 aromatic rings. The van der Waals surface area contributed by atoms with E-state index in [0.717, 1.165) is 18.7 Å². The first-order valence-electron chi connectivity index (χ1n) is 10.8. The minimum Gasteiger partial charge on any atom is -0.483 e. The van der Waals surface area contributed by atoms with E-state index in [9.17, 15) is 27.2 Å². The molecule has 1 aliphatic rings. The van der Waals surface area contributed by atoms with Crippen molar-refractivity contribution >= 4 is 23.5 Å². The fourth-order valence-electron chi connectivity index (χ4n) is 3.97. The monoisotopic (exact) mass is 516 g/mol. The van der Waals surface area contributed by atoms with Crippen LogP contribution in [0.25, 0.3) is 0 Å². The summed E-state index contributed by atoms with van der Waals surface area (Å²) in [7, 11) is 1.07. The van der Waals surface area contributed by atoms with Crippen LogP contribution >= 0.6 is 11.6 Å². The molecule has 0 aliphatic carbocycles. The highest BCUT2D eigenvalue weighted by Crippen LogP contribution is 2.39. The Balaban J connectivity index is 1.70. The number of benzene rings is 2. The minimum atomic E-state index is -4.78. The molecule has 1 fully saturated rings. The van der Waals surface area contributed by atoms with Crippen molar-refractivity contribution in [2.75, 3.05) is 26.8 Å². The molecule has 1 aliphatic heterocycles. The van der Waals surface area contributed by atoms with Crippen molar-refractivity contribution in [3.63, 3.8) is 0 Å². The van der Waals surface area contributed by atoms with E-state index in [2.05, 4.69) is 9.64 Å². The third-order valence-electron chi connectivity index (χ3n) is 5.87. The Morgan fingerprint density at radius 3 is 2.34 bits per heavy atom. The van der Waals surface area contributed by atoms with Crippen LogP contribution < -0.4 is 4.74 Å². The molecule has 2 aromatic carbocycles. The molecule has 35 heavy (non-hydrogen) atoms. The van der Waals surface area contributed by atoms with Gasteiger partial charge in [-0.25, -0.2) is 9.18 Å². The highest BCUT2D eigenvalue weighted by atomic mass is 35.5. The van der Waals surface area contributed by atoms with Crippen molar-refractivity contribution in [3.8, 4) is 5.75 Å². The first-order chi connectivity index (χ1) is 16.4. The summed E-state index contributed by atoms with van der Waals surface area (Å²) in [5.41, 5.74) is -0.568. The summed E-state index contributed by atoms with van der Waals surface area (Å²) in [6.45, 7) is 4.71. The van der Waals surface area contributed by atoms with Crippen LogP contribution in [-0.2, 0) is 22.3 Å². The molecule has 1 saturated heterocycles. The topological polar surface area (TPSA) is 59.1 Å². The van der Waals surface area contributed by atoms with Crippen LogP contribution in [0, 0.1) is 5.82 Å². The van der Waals surface area contributed by atoms with E-state index in [1.165, 1.54) is 12.1 Å². The van der Waals surface area contributed by atoms with E-state index in [1.54, 1.807) is 17.0 Å². The first kappa shape index (κ1) is 26.7. The van der Waals surface area contributed by atoms with Gasteiger partial charge in [-0.3, -0.25) is 9.69 Å².